The van der Waals surface area contributed by atoms with Gasteiger partial charge in [0, 0.05) is 16.7 Å². The second-order valence-corrected chi connectivity index (χ2v) is 6.34. The summed E-state index contributed by atoms with van der Waals surface area (Å²) in [5.74, 6) is 1.63. The van der Waals surface area contributed by atoms with Gasteiger partial charge < -0.3 is 4.98 Å². The third-order valence-electron chi connectivity index (χ3n) is 3.21. The van der Waals surface area contributed by atoms with Crippen LogP contribution in [0.2, 0.25) is 0 Å². The molecule has 0 atom stereocenters. The molecule has 2 heterocycles. The van der Waals surface area contributed by atoms with Gasteiger partial charge in [-0.15, -0.1) is 10.2 Å². The first-order valence-electron chi connectivity index (χ1n) is 6.95. The summed E-state index contributed by atoms with van der Waals surface area (Å²) in [5, 5.41) is 10.5. The van der Waals surface area contributed by atoms with Crippen LogP contribution in [0.25, 0.3) is 22.1 Å². The van der Waals surface area contributed by atoms with E-state index in [0.29, 0.717) is 5.92 Å². The highest BCUT2D eigenvalue weighted by Crippen LogP contribution is 2.25. The van der Waals surface area contributed by atoms with Crippen molar-refractivity contribution in [2.24, 2.45) is 5.92 Å². The SMILES string of the molecule is CCc1ccc2[nH]c3nc(SCC(C)C)nnc3c2c1. The van der Waals surface area contributed by atoms with E-state index in [1.807, 2.05) is 0 Å². The highest BCUT2D eigenvalue weighted by atomic mass is 32.2. The van der Waals surface area contributed by atoms with Crippen LogP contribution in [-0.2, 0) is 6.42 Å². The summed E-state index contributed by atoms with van der Waals surface area (Å²) in [6.45, 7) is 6.53. The van der Waals surface area contributed by atoms with Crippen LogP contribution in [0, 0.1) is 5.92 Å². The Bertz CT molecular complexity index is 748. The molecule has 104 valence electrons. The van der Waals surface area contributed by atoms with Crippen LogP contribution in [0.1, 0.15) is 26.3 Å². The molecule has 0 aliphatic carbocycles. The summed E-state index contributed by atoms with van der Waals surface area (Å²) in [6, 6.07) is 6.41. The van der Waals surface area contributed by atoms with Gasteiger partial charge in [-0.1, -0.05) is 38.6 Å². The van der Waals surface area contributed by atoms with Crippen molar-refractivity contribution in [1.29, 1.82) is 0 Å². The van der Waals surface area contributed by atoms with E-state index in [9.17, 15) is 0 Å². The van der Waals surface area contributed by atoms with Crippen LogP contribution >= 0.6 is 11.8 Å². The standard InChI is InChI=1S/C15H18N4S/c1-4-10-5-6-12-11(7-10)13-14(16-12)17-15(19-18-13)20-8-9(2)3/h5-7,9H,4,8H2,1-3H3,(H,16,17,19). The molecule has 20 heavy (non-hydrogen) atoms. The first-order chi connectivity index (χ1) is 9.67. The van der Waals surface area contributed by atoms with Gasteiger partial charge in [0.05, 0.1) is 0 Å². The van der Waals surface area contributed by atoms with Crippen molar-refractivity contribution < 1.29 is 0 Å². The molecule has 0 fully saturated rings. The highest BCUT2D eigenvalue weighted by molar-refractivity contribution is 7.99. The molecule has 0 saturated carbocycles. The molecule has 3 rings (SSSR count). The highest BCUT2D eigenvalue weighted by Gasteiger charge is 2.10. The number of hydrogen-bond donors (Lipinski definition) is 1. The molecule has 3 aromatic rings. The number of benzene rings is 1. The van der Waals surface area contributed by atoms with Crippen LogP contribution in [0.3, 0.4) is 0 Å². The number of thioether (sulfide) groups is 1. The van der Waals surface area contributed by atoms with Crippen molar-refractivity contribution in [2.75, 3.05) is 5.75 Å². The third-order valence-corrected chi connectivity index (χ3v) is 4.48. The van der Waals surface area contributed by atoms with Gasteiger partial charge in [-0.3, -0.25) is 0 Å². The Morgan fingerprint density at radius 1 is 1.25 bits per heavy atom. The van der Waals surface area contributed by atoms with E-state index in [1.165, 1.54) is 5.56 Å². The van der Waals surface area contributed by atoms with E-state index in [4.69, 9.17) is 0 Å². The quantitative estimate of drug-likeness (QED) is 0.741. The fourth-order valence-corrected chi connectivity index (χ4v) is 2.86. The van der Waals surface area contributed by atoms with E-state index < -0.39 is 0 Å². The average Bonchev–Trinajstić information content (AvgIpc) is 2.81. The van der Waals surface area contributed by atoms with Crippen LogP contribution in [0.15, 0.2) is 23.4 Å². The topological polar surface area (TPSA) is 54.5 Å². The van der Waals surface area contributed by atoms with Crippen LogP contribution in [-0.4, -0.2) is 25.9 Å². The zero-order valence-electron chi connectivity index (χ0n) is 12.0. The van der Waals surface area contributed by atoms with Gasteiger partial charge in [-0.2, -0.15) is 0 Å². The molecular formula is C15H18N4S. The molecule has 0 unspecified atom stereocenters. The minimum absolute atomic E-state index is 0.620. The van der Waals surface area contributed by atoms with Gasteiger partial charge >= 0.3 is 0 Å². The molecular weight excluding hydrogens is 268 g/mol. The minimum Gasteiger partial charge on any atom is -0.338 e. The first kappa shape index (κ1) is 13.4. The summed E-state index contributed by atoms with van der Waals surface area (Å²) >= 11 is 1.66. The number of fused-ring (bicyclic) bond motifs is 3. The summed E-state index contributed by atoms with van der Waals surface area (Å²) in [6.07, 6.45) is 1.02. The number of hydrogen-bond acceptors (Lipinski definition) is 4. The molecule has 1 N–H and O–H groups in total. The van der Waals surface area contributed by atoms with Gasteiger partial charge in [0.1, 0.15) is 5.52 Å². The molecule has 0 amide bonds. The van der Waals surface area contributed by atoms with Gasteiger partial charge in [-0.05, 0) is 30.0 Å². The van der Waals surface area contributed by atoms with Crippen molar-refractivity contribution in [3.05, 3.63) is 23.8 Å². The Kier molecular flexibility index (Phi) is 3.61. The molecule has 0 radical (unpaired) electrons. The Hall–Kier alpha value is -1.62. The number of nitrogens with zero attached hydrogens (tertiary/aromatic N) is 3. The number of nitrogens with one attached hydrogen (secondary N) is 1. The normalized spacial score (nSPS) is 11.8. The molecule has 0 aliphatic heterocycles. The minimum atomic E-state index is 0.620. The lowest BCUT2D eigenvalue weighted by Crippen LogP contribution is -1.95. The van der Waals surface area contributed by atoms with Crippen molar-refractivity contribution in [3.63, 3.8) is 0 Å². The van der Waals surface area contributed by atoms with E-state index in [1.54, 1.807) is 11.8 Å². The fourth-order valence-electron chi connectivity index (χ4n) is 2.13. The zero-order valence-corrected chi connectivity index (χ0v) is 12.8. The lowest BCUT2D eigenvalue weighted by atomic mass is 10.1. The maximum absolute atomic E-state index is 4.57. The molecule has 1 aromatic carbocycles. The Labute approximate surface area is 122 Å². The van der Waals surface area contributed by atoms with Crippen molar-refractivity contribution in [2.45, 2.75) is 32.3 Å². The molecule has 5 heteroatoms. The zero-order chi connectivity index (χ0) is 14.1. The van der Waals surface area contributed by atoms with Crippen LogP contribution < -0.4 is 0 Å². The maximum Gasteiger partial charge on any atom is 0.211 e. The van der Waals surface area contributed by atoms with E-state index in [2.05, 4.69) is 59.1 Å². The first-order valence-corrected chi connectivity index (χ1v) is 7.93. The molecule has 0 saturated heterocycles. The number of aromatic amines is 1. The Morgan fingerprint density at radius 3 is 2.85 bits per heavy atom. The lowest BCUT2D eigenvalue weighted by molar-refractivity contribution is 0.746. The summed E-state index contributed by atoms with van der Waals surface area (Å²) in [4.78, 5) is 7.90. The molecule has 0 spiro atoms. The number of aromatic nitrogens is 4. The van der Waals surface area contributed by atoms with Gasteiger partial charge in [0.25, 0.3) is 0 Å². The predicted octanol–water partition coefficient (Wildman–Crippen LogP) is 3.82. The second-order valence-electron chi connectivity index (χ2n) is 5.35. The van der Waals surface area contributed by atoms with E-state index in [0.717, 1.165) is 39.4 Å². The second kappa shape index (κ2) is 5.40. The molecule has 0 aliphatic rings. The largest absolute Gasteiger partial charge is 0.338 e. The molecule has 0 bridgehead atoms. The van der Waals surface area contributed by atoms with Gasteiger partial charge in [0.15, 0.2) is 5.65 Å². The van der Waals surface area contributed by atoms with E-state index >= 15 is 0 Å². The molecule has 4 nitrogen and oxygen atoms in total. The van der Waals surface area contributed by atoms with Crippen molar-refractivity contribution in [3.8, 4) is 0 Å². The van der Waals surface area contributed by atoms with E-state index in [-0.39, 0.29) is 0 Å². The van der Waals surface area contributed by atoms with Gasteiger partial charge in [-0.25, -0.2) is 4.98 Å². The Morgan fingerprint density at radius 2 is 2.10 bits per heavy atom. The summed E-state index contributed by atoms with van der Waals surface area (Å²) in [7, 11) is 0. The summed E-state index contributed by atoms with van der Waals surface area (Å²) < 4.78 is 0. The fraction of sp³-hybridized carbons (Fsp3) is 0.400. The number of rotatable bonds is 4. The number of aryl methyl sites for hydroxylation is 1. The van der Waals surface area contributed by atoms with Crippen molar-refractivity contribution >= 4 is 33.8 Å². The van der Waals surface area contributed by atoms with Gasteiger partial charge in [0.2, 0.25) is 5.16 Å². The lowest BCUT2D eigenvalue weighted by Gasteiger charge is -2.01. The van der Waals surface area contributed by atoms with Crippen LogP contribution in [0.4, 0.5) is 0 Å². The smallest absolute Gasteiger partial charge is 0.211 e. The monoisotopic (exact) mass is 286 g/mol. The summed E-state index contributed by atoms with van der Waals surface area (Å²) in [5.41, 5.74) is 4.07. The van der Waals surface area contributed by atoms with Crippen LogP contribution in [0.5, 0.6) is 0 Å². The number of H-pyrrole nitrogens is 1. The predicted molar refractivity (Wildman–Crippen MR) is 84.1 cm³/mol. The Balaban J connectivity index is 2.04. The third kappa shape index (κ3) is 2.50. The van der Waals surface area contributed by atoms with Crippen molar-refractivity contribution in [1.82, 2.24) is 20.2 Å². The maximum atomic E-state index is 4.57. The molecule has 2 aromatic heterocycles. The average molecular weight is 286 g/mol.